The summed E-state index contributed by atoms with van der Waals surface area (Å²) in [6.45, 7) is 0. The van der Waals surface area contributed by atoms with Crippen LogP contribution in [-0.4, -0.2) is 15.7 Å². The van der Waals surface area contributed by atoms with E-state index in [-0.39, 0.29) is 17.4 Å². The number of rotatable bonds is 3. The monoisotopic (exact) mass is 315 g/mol. The number of nitrogens with zero attached hydrogens (tertiary/aromatic N) is 2. The maximum atomic E-state index is 12.9. The molecule has 1 N–H and O–H groups in total. The molecule has 110 valence electrons. The van der Waals surface area contributed by atoms with Gasteiger partial charge in [-0.05, 0) is 48.5 Å². The smallest absolute Gasteiger partial charge is 0.276 e. The molecule has 1 heterocycles. The van der Waals surface area contributed by atoms with E-state index < -0.39 is 0 Å². The van der Waals surface area contributed by atoms with Gasteiger partial charge in [0.1, 0.15) is 5.82 Å². The fourth-order valence-corrected chi connectivity index (χ4v) is 2.13. The Morgan fingerprint density at radius 3 is 2.64 bits per heavy atom. The van der Waals surface area contributed by atoms with Gasteiger partial charge in [-0.25, -0.2) is 9.07 Å². The Kier molecular flexibility index (Phi) is 3.89. The molecule has 1 aromatic heterocycles. The van der Waals surface area contributed by atoms with Crippen molar-refractivity contribution in [1.82, 2.24) is 9.78 Å². The standard InChI is InChI=1S/C16H11ClFN3O/c17-11-2-1-3-13(10-11)19-16(22)15-8-9-21(20-15)14-6-4-12(18)5-7-14/h1-10H,(H,19,22). The normalized spacial score (nSPS) is 10.5. The van der Waals surface area contributed by atoms with E-state index in [1.165, 1.54) is 16.8 Å². The summed E-state index contributed by atoms with van der Waals surface area (Å²) in [6, 6.07) is 14.3. The SMILES string of the molecule is O=C(Nc1cccc(Cl)c1)c1ccn(-c2ccc(F)cc2)n1. The minimum Gasteiger partial charge on any atom is -0.321 e. The predicted octanol–water partition coefficient (Wildman–Crippen LogP) is 3.92. The van der Waals surface area contributed by atoms with Gasteiger partial charge < -0.3 is 5.32 Å². The van der Waals surface area contributed by atoms with Crippen LogP contribution < -0.4 is 5.32 Å². The van der Waals surface area contributed by atoms with Crippen molar-refractivity contribution in [1.29, 1.82) is 0 Å². The lowest BCUT2D eigenvalue weighted by molar-refractivity contribution is 0.102. The van der Waals surface area contributed by atoms with Gasteiger partial charge in [0.05, 0.1) is 5.69 Å². The molecular weight excluding hydrogens is 305 g/mol. The second-order valence-corrected chi connectivity index (χ2v) is 5.02. The summed E-state index contributed by atoms with van der Waals surface area (Å²) in [6.07, 6.45) is 1.64. The highest BCUT2D eigenvalue weighted by atomic mass is 35.5. The molecule has 0 fully saturated rings. The Morgan fingerprint density at radius 1 is 1.14 bits per heavy atom. The molecule has 0 radical (unpaired) electrons. The number of amides is 1. The number of aromatic nitrogens is 2. The van der Waals surface area contributed by atoms with E-state index in [0.717, 1.165) is 0 Å². The molecule has 0 aliphatic carbocycles. The van der Waals surface area contributed by atoms with Crippen LogP contribution in [0.5, 0.6) is 0 Å². The minimum absolute atomic E-state index is 0.254. The van der Waals surface area contributed by atoms with Gasteiger partial charge in [0.15, 0.2) is 5.69 Å². The molecule has 6 heteroatoms. The van der Waals surface area contributed by atoms with Gasteiger partial charge in [-0.15, -0.1) is 0 Å². The van der Waals surface area contributed by atoms with Crippen molar-refractivity contribution in [3.8, 4) is 5.69 Å². The fraction of sp³-hybridized carbons (Fsp3) is 0. The van der Waals surface area contributed by atoms with Gasteiger partial charge in [0.25, 0.3) is 5.91 Å². The van der Waals surface area contributed by atoms with Crippen LogP contribution in [0.4, 0.5) is 10.1 Å². The first kappa shape index (κ1) is 14.3. The van der Waals surface area contributed by atoms with Gasteiger partial charge in [-0.3, -0.25) is 4.79 Å². The number of carbonyl (C=O) groups excluding carboxylic acids is 1. The van der Waals surface area contributed by atoms with Crippen LogP contribution in [0.3, 0.4) is 0 Å². The van der Waals surface area contributed by atoms with Crippen molar-refractivity contribution < 1.29 is 9.18 Å². The third kappa shape index (κ3) is 3.15. The van der Waals surface area contributed by atoms with Crippen LogP contribution in [0.25, 0.3) is 5.69 Å². The quantitative estimate of drug-likeness (QED) is 0.796. The highest BCUT2D eigenvalue weighted by molar-refractivity contribution is 6.30. The van der Waals surface area contributed by atoms with Crippen LogP contribution >= 0.6 is 11.6 Å². The third-order valence-electron chi connectivity index (χ3n) is 3.00. The molecule has 3 rings (SSSR count). The van der Waals surface area contributed by atoms with E-state index in [1.807, 2.05) is 0 Å². The van der Waals surface area contributed by atoms with Crippen molar-refractivity contribution in [3.05, 3.63) is 77.3 Å². The lowest BCUT2D eigenvalue weighted by Gasteiger charge is -2.03. The highest BCUT2D eigenvalue weighted by Crippen LogP contribution is 2.16. The zero-order valence-corrected chi connectivity index (χ0v) is 12.1. The van der Waals surface area contributed by atoms with Crippen LogP contribution in [0.1, 0.15) is 10.5 Å². The zero-order chi connectivity index (χ0) is 15.5. The maximum absolute atomic E-state index is 12.9. The number of nitrogens with one attached hydrogen (secondary N) is 1. The van der Waals surface area contributed by atoms with E-state index in [4.69, 9.17) is 11.6 Å². The molecule has 0 atom stereocenters. The maximum Gasteiger partial charge on any atom is 0.276 e. The first-order valence-corrected chi connectivity index (χ1v) is 6.88. The fourth-order valence-electron chi connectivity index (χ4n) is 1.94. The van der Waals surface area contributed by atoms with Crippen LogP contribution in [0.2, 0.25) is 5.02 Å². The van der Waals surface area contributed by atoms with Gasteiger partial charge in [0.2, 0.25) is 0 Å². The first-order chi connectivity index (χ1) is 10.6. The summed E-state index contributed by atoms with van der Waals surface area (Å²) in [7, 11) is 0. The summed E-state index contributed by atoms with van der Waals surface area (Å²) >= 11 is 5.87. The van der Waals surface area contributed by atoms with Gasteiger partial charge in [0, 0.05) is 16.9 Å². The van der Waals surface area contributed by atoms with E-state index in [2.05, 4.69) is 10.4 Å². The molecule has 22 heavy (non-hydrogen) atoms. The zero-order valence-electron chi connectivity index (χ0n) is 11.3. The van der Waals surface area contributed by atoms with Gasteiger partial charge in [-0.2, -0.15) is 5.10 Å². The molecule has 0 spiro atoms. The van der Waals surface area contributed by atoms with Crippen LogP contribution in [0.15, 0.2) is 60.8 Å². The molecule has 0 saturated carbocycles. The predicted molar refractivity (Wildman–Crippen MR) is 82.9 cm³/mol. The molecule has 0 unspecified atom stereocenters. The summed E-state index contributed by atoms with van der Waals surface area (Å²) in [5.41, 5.74) is 1.52. The van der Waals surface area contributed by atoms with Crippen molar-refractivity contribution in [2.45, 2.75) is 0 Å². The molecular formula is C16H11ClFN3O. The number of anilines is 1. The van der Waals surface area contributed by atoms with Gasteiger partial charge >= 0.3 is 0 Å². The lowest BCUT2D eigenvalue weighted by Crippen LogP contribution is -2.13. The first-order valence-electron chi connectivity index (χ1n) is 6.50. The van der Waals surface area contributed by atoms with Crippen molar-refractivity contribution in [2.75, 3.05) is 5.32 Å². The van der Waals surface area contributed by atoms with Crippen LogP contribution in [-0.2, 0) is 0 Å². The lowest BCUT2D eigenvalue weighted by atomic mass is 10.3. The third-order valence-corrected chi connectivity index (χ3v) is 3.23. The number of carbonyl (C=O) groups is 1. The highest BCUT2D eigenvalue weighted by Gasteiger charge is 2.10. The number of hydrogen-bond donors (Lipinski definition) is 1. The molecule has 2 aromatic carbocycles. The van der Waals surface area contributed by atoms with Gasteiger partial charge in [-0.1, -0.05) is 17.7 Å². The van der Waals surface area contributed by atoms with Crippen molar-refractivity contribution in [2.24, 2.45) is 0 Å². The second-order valence-electron chi connectivity index (χ2n) is 4.59. The van der Waals surface area contributed by atoms with Crippen LogP contribution in [0, 0.1) is 5.82 Å². The minimum atomic E-state index is -0.344. The summed E-state index contributed by atoms with van der Waals surface area (Å²) < 4.78 is 14.4. The Morgan fingerprint density at radius 2 is 1.91 bits per heavy atom. The molecule has 0 aliphatic rings. The summed E-state index contributed by atoms with van der Waals surface area (Å²) in [4.78, 5) is 12.1. The Bertz CT molecular complexity index is 814. The molecule has 3 aromatic rings. The molecule has 1 amide bonds. The number of halogens is 2. The average molecular weight is 316 g/mol. The molecule has 4 nitrogen and oxygen atoms in total. The number of hydrogen-bond acceptors (Lipinski definition) is 2. The Labute approximate surface area is 131 Å². The molecule has 0 bridgehead atoms. The molecule has 0 aliphatic heterocycles. The Balaban J connectivity index is 1.78. The number of benzene rings is 2. The average Bonchev–Trinajstić information content (AvgIpc) is 2.98. The topological polar surface area (TPSA) is 46.9 Å². The second kappa shape index (κ2) is 5.99. The Hall–Kier alpha value is -2.66. The van der Waals surface area contributed by atoms with Crippen molar-refractivity contribution >= 4 is 23.2 Å². The summed E-state index contributed by atoms with van der Waals surface area (Å²) in [5.74, 6) is -0.669. The molecule has 0 saturated heterocycles. The van der Waals surface area contributed by atoms with E-state index in [9.17, 15) is 9.18 Å². The summed E-state index contributed by atoms with van der Waals surface area (Å²) in [5, 5.41) is 7.43. The van der Waals surface area contributed by atoms with E-state index in [0.29, 0.717) is 16.4 Å². The van der Waals surface area contributed by atoms with Crippen molar-refractivity contribution in [3.63, 3.8) is 0 Å². The van der Waals surface area contributed by atoms with E-state index >= 15 is 0 Å². The van der Waals surface area contributed by atoms with E-state index in [1.54, 1.807) is 48.7 Å². The largest absolute Gasteiger partial charge is 0.321 e.